The lowest BCUT2D eigenvalue weighted by Crippen LogP contribution is -2.32. The first-order valence-corrected chi connectivity index (χ1v) is 9.01. The monoisotopic (exact) mass is 368 g/mol. The van der Waals surface area contributed by atoms with Crippen molar-refractivity contribution in [1.29, 1.82) is 0 Å². The predicted molar refractivity (Wildman–Crippen MR) is 97.7 cm³/mol. The number of ether oxygens (including phenoxy) is 1. The van der Waals surface area contributed by atoms with E-state index in [-0.39, 0.29) is 17.5 Å². The Bertz CT molecular complexity index is 892. The van der Waals surface area contributed by atoms with Crippen LogP contribution in [0.4, 0.5) is 4.39 Å². The topological polar surface area (TPSA) is 64.3 Å². The second-order valence-corrected chi connectivity index (χ2v) is 6.71. The van der Waals surface area contributed by atoms with E-state index in [0.29, 0.717) is 11.7 Å². The van der Waals surface area contributed by atoms with E-state index in [1.807, 2.05) is 18.2 Å². The molecule has 3 aromatic rings. The molecule has 0 N–H and O–H groups in total. The van der Waals surface area contributed by atoms with Crippen molar-refractivity contribution in [3.05, 3.63) is 60.0 Å². The van der Waals surface area contributed by atoms with Crippen molar-refractivity contribution in [2.75, 3.05) is 20.2 Å². The Balaban J connectivity index is 1.35. The Labute approximate surface area is 157 Å². The van der Waals surface area contributed by atoms with Gasteiger partial charge >= 0.3 is 0 Å². The van der Waals surface area contributed by atoms with Crippen LogP contribution in [0.5, 0.6) is 5.75 Å². The van der Waals surface area contributed by atoms with Crippen molar-refractivity contribution in [2.24, 2.45) is 0 Å². The molecule has 2 aromatic heterocycles. The predicted octanol–water partition coefficient (Wildman–Crippen LogP) is 3.66. The molecular formula is C20H21FN4O2. The number of benzene rings is 1. The van der Waals surface area contributed by atoms with Crippen molar-refractivity contribution in [2.45, 2.75) is 25.3 Å². The summed E-state index contributed by atoms with van der Waals surface area (Å²) in [6.45, 7) is 2.54. The molecule has 0 amide bonds. The minimum Gasteiger partial charge on any atom is -0.494 e. The van der Waals surface area contributed by atoms with Gasteiger partial charge in [0.1, 0.15) is 0 Å². The minimum atomic E-state index is -0.320. The van der Waals surface area contributed by atoms with E-state index in [0.717, 1.165) is 43.6 Å². The molecule has 27 heavy (non-hydrogen) atoms. The summed E-state index contributed by atoms with van der Waals surface area (Å²) in [5.41, 5.74) is 1.85. The average molecular weight is 368 g/mol. The number of likely N-dealkylation sites (tertiary alicyclic amines) is 1. The number of piperidine rings is 1. The van der Waals surface area contributed by atoms with Crippen molar-refractivity contribution in [3.63, 3.8) is 0 Å². The summed E-state index contributed by atoms with van der Waals surface area (Å²) in [5.74, 6) is 1.51. The number of halogens is 1. The van der Waals surface area contributed by atoms with Crippen LogP contribution in [0.25, 0.3) is 11.4 Å². The highest BCUT2D eigenvalue weighted by molar-refractivity contribution is 5.52. The van der Waals surface area contributed by atoms with Gasteiger partial charge in [-0.05, 0) is 55.8 Å². The van der Waals surface area contributed by atoms with E-state index in [1.165, 1.54) is 7.11 Å². The molecule has 1 aromatic carbocycles. The van der Waals surface area contributed by atoms with E-state index in [9.17, 15) is 4.39 Å². The minimum absolute atomic E-state index is 0.261. The van der Waals surface area contributed by atoms with Crippen LogP contribution in [-0.4, -0.2) is 40.2 Å². The number of methoxy groups -OCH3 is 1. The van der Waals surface area contributed by atoms with Gasteiger partial charge in [-0.3, -0.25) is 9.88 Å². The third-order valence-corrected chi connectivity index (χ3v) is 4.94. The Hall–Kier alpha value is -2.80. The van der Waals surface area contributed by atoms with Crippen molar-refractivity contribution < 1.29 is 13.7 Å². The molecule has 4 rings (SSSR count). The number of nitrogens with zero attached hydrogens (tertiary/aromatic N) is 4. The molecule has 0 aliphatic carbocycles. The van der Waals surface area contributed by atoms with Gasteiger partial charge < -0.3 is 9.26 Å². The van der Waals surface area contributed by atoms with Crippen LogP contribution in [0, 0.1) is 5.82 Å². The zero-order valence-corrected chi connectivity index (χ0v) is 15.1. The molecule has 0 saturated carbocycles. The first-order chi connectivity index (χ1) is 13.2. The summed E-state index contributed by atoms with van der Waals surface area (Å²) in [6.07, 6.45) is 5.31. The lowest BCUT2D eigenvalue weighted by molar-refractivity contribution is 0.187. The zero-order valence-electron chi connectivity index (χ0n) is 15.1. The van der Waals surface area contributed by atoms with Crippen LogP contribution in [0.15, 0.2) is 47.2 Å². The summed E-state index contributed by atoms with van der Waals surface area (Å²) >= 11 is 0. The van der Waals surface area contributed by atoms with E-state index in [4.69, 9.17) is 9.26 Å². The molecule has 0 atom stereocenters. The summed E-state index contributed by atoms with van der Waals surface area (Å²) in [7, 11) is 1.47. The molecular weight excluding hydrogens is 347 g/mol. The van der Waals surface area contributed by atoms with Gasteiger partial charge in [-0.15, -0.1) is 0 Å². The first kappa shape index (κ1) is 17.6. The van der Waals surface area contributed by atoms with Gasteiger partial charge in [-0.2, -0.15) is 4.98 Å². The van der Waals surface area contributed by atoms with Crippen LogP contribution in [-0.2, 0) is 6.54 Å². The quantitative estimate of drug-likeness (QED) is 0.685. The fourth-order valence-electron chi connectivity index (χ4n) is 3.42. The second kappa shape index (κ2) is 7.84. The standard InChI is InChI=1S/C20H21FN4O2/c1-26-18-3-2-14(12-17(18)21)13-25-10-6-16(7-11-25)20-23-19(24-27-20)15-4-8-22-9-5-15/h2-5,8-9,12,16H,6-7,10-11,13H2,1H3. The van der Waals surface area contributed by atoms with Crippen LogP contribution in [0.1, 0.15) is 30.2 Å². The third kappa shape index (κ3) is 3.98. The number of rotatable bonds is 5. The molecule has 140 valence electrons. The largest absolute Gasteiger partial charge is 0.494 e. The fraction of sp³-hybridized carbons (Fsp3) is 0.350. The van der Waals surface area contributed by atoms with Crippen LogP contribution >= 0.6 is 0 Å². The smallest absolute Gasteiger partial charge is 0.230 e. The third-order valence-electron chi connectivity index (χ3n) is 4.94. The van der Waals surface area contributed by atoms with Gasteiger partial charge in [-0.25, -0.2) is 4.39 Å². The maximum absolute atomic E-state index is 13.9. The maximum atomic E-state index is 13.9. The number of hydrogen-bond acceptors (Lipinski definition) is 6. The maximum Gasteiger partial charge on any atom is 0.230 e. The van der Waals surface area contributed by atoms with Gasteiger partial charge in [-0.1, -0.05) is 11.2 Å². The van der Waals surface area contributed by atoms with E-state index >= 15 is 0 Å². The van der Waals surface area contributed by atoms with E-state index < -0.39 is 0 Å². The highest BCUT2D eigenvalue weighted by Crippen LogP contribution is 2.29. The highest BCUT2D eigenvalue weighted by atomic mass is 19.1. The summed E-state index contributed by atoms with van der Waals surface area (Å²) in [5, 5.41) is 4.09. The zero-order chi connectivity index (χ0) is 18.6. The van der Waals surface area contributed by atoms with Gasteiger partial charge in [0.25, 0.3) is 0 Å². The molecule has 1 saturated heterocycles. The van der Waals surface area contributed by atoms with Crippen LogP contribution in [0.2, 0.25) is 0 Å². The van der Waals surface area contributed by atoms with Crippen LogP contribution < -0.4 is 4.74 Å². The van der Waals surface area contributed by atoms with E-state index in [1.54, 1.807) is 24.5 Å². The van der Waals surface area contributed by atoms with Gasteiger partial charge in [0, 0.05) is 30.4 Å². The molecule has 0 bridgehead atoms. The lowest BCUT2D eigenvalue weighted by atomic mass is 9.96. The molecule has 6 nitrogen and oxygen atoms in total. The highest BCUT2D eigenvalue weighted by Gasteiger charge is 2.25. The second-order valence-electron chi connectivity index (χ2n) is 6.71. The molecule has 0 spiro atoms. The Morgan fingerprint density at radius 2 is 1.96 bits per heavy atom. The van der Waals surface area contributed by atoms with Gasteiger partial charge in [0.15, 0.2) is 11.6 Å². The summed E-state index contributed by atoms with van der Waals surface area (Å²) in [4.78, 5) is 10.9. The SMILES string of the molecule is COc1ccc(CN2CCC(c3nc(-c4ccncc4)no3)CC2)cc1F. The lowest BCUT2D eigenvalue weighted by Gasteiger charge is -2.30. The molecule has 1 aliphatic rings. The van der Waals surface area contributed by atoms with E-state index in [2.05, 4.69) is 20.0 Å². The normalized spacial score (nSPS) is 15.8. The van der Waals surface area contributed by atoms with Gasteiger partial charge in [0.2, 0.25) is 11.7 Å². The number of hydrogen-bond donors (Lipinski definition) is 0. The molecule has 0 radical (unpaired) electrons. The summed E-state index contributed by atoms with van der Waals surface area (Å²) < 4.78 is 24.3. The molecule has 3 heterocycles. The number of aromatic nitrogens is 3. The molecule has 0 unspecified atom stereocenters. The fourth-order valence-corrected chi connectivity index (χ4v) is 3.42. The molecule has 1 aliphatic heterocycles. The molecule has 1 fully saturated rings. The Morgan fingerprint density at radius 3 is 2.67 bits per heavy atom. The summed E-state index contributed by atoms with van der Waals surface area (Å²) in [6, 6.07) is 8.86. The van der Waals surface area contributed by atoms with Crippen molar-refractivity contribution >= 4 is 0 Å². The Morgan fingerprint density at radius 1 is 1.19 bits per heavy atom. The van der Waals surface area contributed by atoms with Gasteiger partial charge in [0.05, 0.1) is 7.11 Å². The Kier molecular flexibility index (Phi) is 5.11. The molecule has 7 heteroatoms. The van der Waals surface area contributed by atoms with Crippen molar-refractivity contribution in [1.82, 2.24) is 20.0 Å². The average Bonchev–Trinajstić information content (AvgIpc) is 3.20. The first-order valence-electron chi connectivity index (χ1n) is 9.01. The van der Waals surface area contributed by atoms with Crippen molar-refractivity contribution in [3.8, 4) is 17.1 Å². The number of pyridine rings is 1. The van der Waals surface area contributed by atoms with Crippen LogP contribution in [0.3, 0.4) is 0 Å².